The van der Waals surface area contributed by atoms with Crippen LogP contribution in [0.25, 0.3) is 0 Å². The van der Waals surface area contributed by atoms with E-state index in [4.69, 9.17) is 0 Å². The largest absolute Gasteiger partial charge is 0.273 e. The van der Waals surface area contributed by atoms with Crippen LogP contribution >= 0.6 is 0 Å². The van der Waals surface area contributed by atoms with E-state index in [0.717, 1.165) is 16.7 Å². The van der Waals surface area contributed by atoms with E-state index in [-0.39, 0.29) is 18.0 Å². The van der Waals surface area contributed by atoms with Crippen LogP contribution in [0.4, 0.5) is 5.69 Å². The maximum atomic E-state index is 11.9. The molecule has 118 valence electrons. The minimum Gasteiger partial charge on any atom is -0.273 e. The van der Waals surface area contributed by atoms with Crippen molar-refractivity contribution in [3.8, 4) is 0 Å². The first-order chi connectivity index (χ1) is 11.0. The Labute approximate surface area is 134 Å². The van der Waals surface area contributed by atoms with E-state index >= 15 is 0 Å². The lowest BCUT2D eigenvalue weighted by Crippen LogP contribution is -2.20. The number of nitrogens with one attached hydrogen (secondary N) is 1. The quantitative estimate of drug-likeness (QED) is 0.523. The zero-order valence-electron chi connectivity index (χ0n) is 12.9. The highest BCUT2D eigenvalue weighted by atomic mass is 16.6. The standard InChI is InChI=1S/C17H17N3O3/c1-12-3-6-15(13(2)9-12)10-17(21)19-18-11-14-4-7-16(8-5-14)20(22)23/h3-9,11H,10H2,1-2H3,(H,19,21)/b18-11+. The normalized spacial score (nSPS) is 10.7. The number of hydrogen-bond acceptors (Lipinski definition) is 4. The van der Waals surface area contributed by atoms with Gasteiger partial charge < -0.3 is 0 Å². The highest BCUT2D eigenvalue weighted by molar-refractivity contribution is 5.83. The third-order valence-corrected chi connectivity index (χ3v) is 3.36. The monoisotopic (exact) mass is 311 g/mol. The second kappa shape index (κ2) is 7.31. The Balaban J connectivity index is 1.92. The molecule has 0 heterocycles. The first kappa shape index (κ1) is 16.4. The molecule has 0 aliphatic carbocycles. The number of nitrogens with zero attached hydrogens (tertiary/aromatic N) is 2. The predicted molar refractivity (Wildman–Crippen MR) is 88.5 cm³/mol. The Bertz CT molecular complexity index is 752. The van der Waals surface area contributed by atoms with Gasteiger partial charge in [0.15, 0.2) is 0 Å². The predicted octanol–water partition coefficient (Wildman–Crippen LogP) is 2.90. The van der Waals surface area contributed by atoms with Gasteiger partial charge in [0.25, 0.3) is 5.69 Å². The summed E-state index contributed by atoms with van der Waals surface area (Å²) in [6.07, 6.45) is 1.70. The minimum absolute atomic E-state index is 0.0148. The molecular formula is C17H17N3O3. The summed E-state index contributed by atoms with van der Waals surface area (Å²) in [7, 11) is 0. The molecule has 0 radical (unpaired) electrons. The third-order valence-electron chi connectivity index (χ3n) is 3.36. The van der Waals surface area contributed by atoms with E-state index in [2.05, 4.69) is 10.5 Å². The summed E-state index contributed by atoms with van der Waals surface area (Å²) in [6, 6.07) is 11.8. The molecular weight excluding hydrogens is 294 g/mol. The molecule has 0 saturated carbocycles. The van der Waals surface area contributed by atoms with Gasteiger partial charge in [0.2, 0.25) is 5.91 Å². The van der Waals surface area contributed by atoms with Gasteiger partial charge in [0.1, 0.15) is 0 Å². The molecule has 2 aromatic carbocycles. The van der Waals surface area contributed by atoms with Gasteiger partial charge in [-0.05, 0) is 42.7 Å². The van der Waals surface area contributed by atoms with Crippen LogP contribution < -0.4 is 5.43 Å². The summed E-state index contributed by atoms with van der Waals surface area (Å²) >= 11 is 0. The summed E-state index contributed by atoms with van der Waals surface area (Å²) in [5.74, 6) is -0.213. The molecule has 6 nitrogen and oxygen atoms in total. The van der Waals surface area contributed by atoms with Crippen molar-refractivity contribution < 1.29 is 9.72 Å². The van der Waals surface area contributed by atoms with Crippen LogP contribution in [0.5, 0.6) is 0 Å². The summed E-state index contributed by atoms with van der Waals surface area (Å²) in [5, 5.41) is 14.4. The van der Waals surface area contributed by atoms with Crippen molar-refractivity contribution in [3.63, 3.8) is 0 Å². The number of nitro groups is 1. The van der Waals surface area contributed by atoms with E-state index in [0.29, 0.717) is 5.56 Å². The first-order valence-corrected chi connectivity index (χ1v) is 7.08. The fourth-order valence-electron chi connectivity index (χ4n) is 2.12. The van der Waals surface area contributed by atoms with Crippen molar-refractivity contribution in [3.05, 3.63) is 74.8 Å². The molecule has 0 atom stereocenters. The zero-order valence-corrected chi connectivity index (χ0v) is 12.9. The van der Waals surface area contributed by atoms with E-state index in [1.54, 1.807) is 12.1 Å². The average molecular weight is 311 g/mol. The van der Waals surface area contributed by atoms with Gasteiger partial charge in [-0.2, -0.15) is 5.10 Å². The Kier molecular flexibility index (Phi) is 5.19. The lowest BCUT2D eigenvalue weighted by molar-refractivity contribution is -0.384. The number of amides is 1. The van der Waals surface area contributed by atoms with Crippen molar-refractivity contribution in [1.29, 1.82) is 0 Å². The SMILES string of the molecule is Cc1ccc(CC(=O)N/N=C/c2ccc([N+](=O)[O-])cc2)c(C)c1. The van der Waals surface area contributed by atoms with Crippen LogP contribution in [-0.2, 0) is 11.2 Å². The van der Waals surface area contributed by atoms with E-state index < -0.39 is 4.92 Å². The highest BCUT2D eigenvalue weighted by Crippen LogP contribution is 2.11. The molecule has 6 heteroatoms. The molecule has 2 aromatic rings. The number of nitro benzene ring substituents is 1. The molecule has 23 heavy (non-hydrogen) atoms. The van der Waals surface area contributed by atoms with Gasteiger partial charge in [-0.25, -0.2) is 5.43 Å². The molecule has 0 aliphatic rings. The van der Waals surface area contributed by atoms with Crippen LogP contribution in [-0.4, -0.2) is 17.0 Å². The lowest BCUT2D eigenvalue weighted by atomic mass is 10.0. The van der Waals surface area contributed by atoms with Gasteiger partial charge in [-0.3, -0.25) is 14.9 Å². The number of hydrogen-bond donors (Lipinski definition) is 1. The van der Waals surface area contributed by atoms with Crippen LogP contribution in [0.1, 0.15) is 22.3 Å². The van der Waals surface area contributed by atoms with Gasteiger partial charge >= 0.3 is 0 Å². The number of aryl methyl sites for hydroxylation is 2. The Morgan fingerprint density at radius 3 is 2.52 bits per heavy atom. The van der Waals surface area contributed by atoms with E-state index in [1.807, 2.05) is 32.0 Å². The summed E-state index contributed by atoms with van der Waals surface area (Å²) in [4.78, 5) is 22.0. The number of rotatable bonds is 5. The lowest BCUT2D eigenvalue weighted by Gasteiger charge is -2.05. The van der Waals surface area contributed by atoms with Crippen molar-refractivity contribution in [2.24, 2.45) is 5.10 Å². The Hall–Kier alpha value is -3.02. The number of benzene rings is 2. The molecule has 0 fully saturated rings. The van der Waals surface area contributed by atoms with Gasteiger partial charge in [0.05, 0.1) is 17.6 Å². The Morgan fingerprint density at radius 1 is 1.22 bits per heavy atom. The van der Waals surface area contributed by atoms with Crippen molar-refractivity contribution >= 4 is 17.8 Å². The van der Waals surface area contributed by atoms with Crippen molar-refractivity contribution in [1.82, 2.24) is 5.43 Å². The molecule has 1 N–H and O–H groups in total. The number of non-ortho nitro benzene ring substituents is 1. The molecule has 0 aliphatic heterocycles. The number of carbonyl (C=O) groups is 1. The molecule has 0 unspecified atom stereocenters. The molecule has 0 spiro atoms. The van der Waals surface area contributed by atoms with Crippen LogP contribution in [0.15, 0.2) is 47.6 Å². The molecule has 1 amide bonds. The second-order valence-electron chi connectivity index (χ2n) is 5.25. The van der Waals surface area contributed by atoms with Crippen molar-refractivity contribution in [2.45, 2.75) is 20.3 Å². The van der Waals surface area contributed by atoms with Gasteiger partial charge in [-0.1, -0.05) is 23.8 Å². The fraction of sp³-hybridized carbons (Fsp3) is 0.176. The van der Waals surface area contributed by atoms with Crippen LogP contribution in [0, 0.1) is 24.0 Å². The zero-order chi connectivity index (χ0) is 16.8. The number of hydrazone groups is 1. The third kappa shape index (κ3) is 4.74. The van der Waals surface area contributed by atoms with Crippen LogP contribution in [0.3, 0.4) is 0 Å². The second-order valence-corrected chi connectivity index (χ2v) is 5.25. The molecule has 0 saturated heterocycles. The van der Waals surface area contributed by atoms with Crippen LogP contribution in [0.2, 0.25) is 0 Å². The smallest absolute Gasteiger partial charge is 0.269 e. The summed E-state index contributed by atoms with van der Waals surface area (Å²) in [5.41, 5.74) is 6.32. The highest BCUT2D eigenvalue weighted by Gasteiger charge is 2.05. The maximum absolute atomic E-state index is 11.9. The minimum atomic E-state index is -0.466. The average Bonchev–Trinajstić information content (AvgIpc) is 2.50. The first-order valence-electron chi connectivity index (χ1n) is 7.08. The number of carbonyl (C=O) groups excluding carboxylic acids is 1. The van der Waals surface area contributed by atoms with Crippen molar-refractivity contribution in [2.75, 3.05) is 0 Å². The molecule has 2 rings (SSSR count). The fourth-order valence-corrected chi connectivity index (χ4v) is 2.12. The molecule has 0 bridgehead atoms. The van der Waals surface area contributed by atoms with Gasteiger partial charge in [-0.15, -0.1) is 0 Å². The summed E-state index contributed by atoms with van der Waals surface area (Å²) < 4.78 is 0. The summed E-state index contributed by atoms with van der Waals surface area (Å²) in [6.45, 7) is 3.97. The van der Waals surface area contributed by atoms with E-state index in [9.17, 15) is 14.9 Å². The molecule has 0 aromatic heterocycles. The topological polar surface area (TPSA) is 84.6 Å². The van der Waals surface area contributed by atoms with Gasteiger partial charge in [0, 0.05) is 12.1 Å². The van der Waals surface area contributed by atoms with E-state index in [1.165, 1.54) is 18.3 Å². The maximum Gasteiger partial charge on any atom is 0.269 e. The Morgan fingerprint density at radius 2 is 1.91 bits per heavy atom.